The molecule has 0 aliphatic carbocycles. The first-order valence-electron chi connectivity index (χ1n) is 7.39. The predicted molar refractivity (Wildman–Crippen MR) is 81.1 cm³/mol. The molecule has 21 heavy (non-hydrogen) atoms. The van der Waals surface area contributed by atoms with Crippen molar-refractivity contribution < 1.29 is 9.72 Å². The third kappa shape index (κ3) is 3.32. The van der Waals surface area contributed by atoms with E-state index in [9.17, 15) is 14.9 Å². The summed E-state index contributed by atoms with van der Waals surface area (Å²) in [5, 5.41) is 11.1. The maximum Gasteiger partial charge on any atom is 0.282 e. The largest absolute Gasteiger partial charge is 0.399 e. The highest BCUT2D eigenvalue weighted by molar-refractivity contribution is 5.99. The molecule has 1 amide bonds. The SMILES string of the molecule is CCCC1CCCCN1C(=O)c1cc(N)ccc1[N+](=O)[O-]. The number of nitro benzene ring substituents is 1. The van der Waals surface area contributed by atoms with Gasteiger partial charge in [0.1, 0.15) is 5.56 Å². The molecule has 6 nitrogen and oxygen atoms in total. The van der Waals surface area contributed by atoms with Gasteiger partial charge in [-0.15, -0.1) is 0 Å². The van der Waals surface area contributed by atoms with Crippen LogP contribution in [0.3, 0.4) is 0 Å². The number of nitrogens with zero attached hydrogens (tertiary/aromatic N) is 2. The lowest BCUT2D eigenvalue weighted by molar-refractivity contribution is -0.385. The van der Waals surface area contributed by atoms with E-state index >= 15 is 0 Å². The van der Waals surface area contributed by atoms with E-state index in [1.54, 1.807) is 4.90 Å². The number of anilines is 1. The number of nitrogens with two attached hydrogens (primary N) is 1. The zero-order chi connectivity index (χ0) is 15.4. The van der Waals surface area contributed by atoms with Gasteiger partial charge >= 0.3 is 0 Å². The first-order valence-corrected chi connectivity index (χ1v) is 7.39. The topological polar surface area (TPSA) is 89.5 Å². The van der Waals surface area contributed by atoms with Crippen LogP contribution < -0.4 is 5.73 Å². The molecule has 1 aliphatic rings. The summed E-state index contributed by atoms with van der Waals surface area (Å²) < 4.78 is 0. The highest BCUT2D eigenvalue weighted by Gasteiger charge is 2.30. The Labute approximate surface area is 124 Å². The van der Waals surface area contributed by atoms with Crippen LogP contribution in [-0.2, 0) is 0 Å². The van der Waals surface area contributed by atoms with Crippen LogP contribution in [0.2, 0.25) is 0 Å². The minimum Gasteiger partial charge on any atom is -0.399 e. The molecule has 0 spiro atoms. The van der Waals surface area contributed by atoms with Crippen molar-refractivity contribution in [1.82, 2.24) is 4.90 Å². The van der Waals surface area contributed by atoms with Crippen LogP contribution in [0.15, 0.2) is 18.2 Å². The number of carbonyl (C=O) groups excluding carboxylic acids is 1. The molecule has 1 aliphatic heterocycles. The lowest BCUT2D eigenvalue weighted by Crippen LogP contribution is -2.43. The second-order valence-electron chi connectivity index (χ2n) is 5.47. The van der Waals surface area contributed by atoms with Crippen molar-refractivity contribution in [3.8, 4) is 0 Å². The average molecular weight is 291 g/mol. The summed E-state index contributed by atoms with van der Waals surface area (Å²) in [5.74, 6) is -0.271. The number of likely N-dealkylation sites (tertiary alicyclic amines) is 1. The van der Waals surface area contributed by atoms with Crippen LogP contribution in [0.5, 0.6) is 0 Å². The molecule has 1 fully saturated rings. The van der Waals surface area contributed by atoms with Crippen molar-refractivity contribution >= 4 is 17.3 Å². The smallest absolute Gasteiger partial charge is 0.282 e. The van der Waals surface area contributed by atoms with E-state index in [2.05, 4.69) is 6.92 Å². The predicted octanol–water partition coefficient (Wildman–Crippen LogP) is 2.97. The zero-order valence-corrected chi connectivity index (χ0v) is 12.2. The van der Waals surface area contributed by atoms with Gasteiger partial charge in [0.25, 0.3) is 11.6 Å². The summed E-state index contributed by atoms with van der Waals surface area (Å²) in [6.45, 7) is 2.75. The van der Waals surface area contributed by atoms with E-state index in [4.69, 9.17) is 5.73 Å². The van der Waals surface area contributed by atoms with E-state index in [1.165, 1.54) is 18.2 Å². The Bertz CT molecular complexity index is 543. The van der Waals surface area contributed by atoms with E-state index in [-0.39, 0.29) is 23.2 Å². The van der Waals surface area contributed by atoms with Crippen LogP contribution in [0, 0.1) is 10.1 Å². The standard InChI is InChI=1S/C15H21N3O3/c1-2-5-12-6-3-4-9-17(12)15(19)13-10-11(16)7-8-14(13)18(20)21/h7-8,10,12H,2-6,9,16H2,1H3. The lowest BCUT2D eigenvalue weighted by Gasteiger charge is -2.35. The fourth-order valence-corrected chi connectivity index (χ4v) is 2.94. The van der Waals surface area contributed by atoms with E-state index in [0.29, 0.717) is 12.2 Å². The highest BCUT2D eigenvalue weighted by atomic mass is 16.6. The molecule has 1 saturated heterocycles. The summed E-state index contributed by atoms with van der Waals surface area (Å²) in [5.41, 5.74) is 5.99. The molecule has 1 aromatic rings. The molecule has 1 heterocycles. The van der Waals surface area contributed by atoms with Gasteiger partial charge in [0.2, 0.25) is 0 Å². The van der Waals surface area contributed by atoms with E-state index in [0.717, 1.165) is 32.1 Å². The van der Waals surface area contributed by atoms with Crippen LogP contribution in [0.25, 0.3) is 0 Å². The maximum absolute atomic E-state index is 12.7. The van der Waals surface area contributed by atoms with Crippen LogP contribution in [0.1, 0.15) is 49.4 Å². The number of carbonyl (C=O) groups is 1. The molecule has 1 unspecified atom stereocenters. The number of hydrogen-bond donors (Lipinski definition) is 1. The molecule has 0 radical (unpaired) electrons. The summed E-state index contributed by atoms with van der Waals surface area (Å²) in [7, 11) is 0. The number of nitro groups is 1. The second kappa shape index (κ2) is 6.56. The van der Waals surface area contributed by atoms with Crippen molar-refractivity contribution in [3.05, 3.63) is 33.9 Å². The normalized spacial score (nSPS) is 18.5. The summed E-state index contributed by atoms with van der Waals surface area (Å²) in [4.78, 5) is 25.1. The zero-order valence-electron chi connectivity index (χ0n) is 12.2. The van der Waals surface area contributed by atoms with Gasteiger partial charge in [-0.2, -0.15) is 0 Å². The second-order valence-corrected chi connectivity index (χ2v) is 5.47. The van der Waals surface area contributed by atoms with Gasteiger partial charge in [0.05, 0.1) is 4.92 Å². The third-order valence-corrected chi connectivity index (χ3v) is 3.96. The molecule has 114 valence electrons. The number of piperidine rings is 1. The number of amides is 1. The fraction of sp³-hybridized carbons (Fsp3) is 0.533. The maximum atomic E-state index is 12.7. The van der Waals surface area contributed by atoms with Crippen LogP contribution >= 0.6 is 0 Å². The van der Waals surface area contributed by atoms with Gasteiger partial charge in [0, 0.05) is 24.3 Å². The van der Waals surface area contributed by atoms with E-state index < -0.39 is 4.92 Å². The summed E-state index contributed by atoms with van der Waals surface area (Å²) in [6, 6.07) is 4.35. The number of rotatable bonds is 4. The van der Waals surface area contributed by atoms with Crippen LogP contribution in [0.4, 0.5) is 11.4 Å². The van der Waals surface area contributed by atoms with Gasteiger partial charge in [-0.05, 0) is 37.8 Å². The third-order valence-electron chi connectivity index (χ3n) is 3.96. The number of nitrogen functional groups attached to an aromatic ring is 1. The van der Waals surface area contributed by atoms with Crippen molar-refractivity contribution in [3.63, 3.8) is 0 Å². The molecule has 0 saturated carbocycles. The quantitative estimate of drug-likeness (QED) is 0.524. The van der Waals surface area contributed by atoms with Gasteiger partial charge in [-0.3, -0.25) is 14.9 Å². The Balaban J connectivity index is 2.33. The van der Waals surface area contributed by atoms with Gasteiger partial charge in [-0.1, -0.05) is 13.3 Å². The molecule has 6 heteroatoms. The van der Waals surface area contributed by atoms with Crippen LogP contribution in [-0.4, -0.2) is 28.3 Å². The molecule has 1 atom stereocenters. The Morgan fingerprint density at radius 3 is 2.90 bits per heavy atom. The van der Waals surface area contributed by atoms with Gasteiger partial charge < -0.3 is 10.6 Å². The first-order chi connectivity index (χ1) is 10.0. The molecule has 2 rings (SSSR count). The Kier molecular flexibility index (Phi) is 4.77. The lowest BCUT2D eigenvalue weighted by atomic mass is 9.97. The van der Waals surface area contributed by atoms with Crippen molar-refractivity contribution in [2.75, 3.05) is 12.3 Å². The summed E-state index contributed by atoms with van der Waals surface area (Å²) in [6.07, 6.45) is 4.94. The Morgan fingerprint density at radius 2 is 2.24 bits per heavy atom. The number of benzene rings is 1. The first kappa shape index (κ1) is 15.3. The fourth-order valence-electron chi connectivity index (χ4n) is 2.94. The average Bonchev–Trinajstić information content (AvgIpc) is 2.47. The van der Waals surface area contributed by atoms with Crippen molar-refractivity contribution in [1.29, 1.82) is 0 Å². The Hall–Kier alpha value is -2.11. The highest BCUT2D eigenvalue weighted by Crippen LogP contribution is 2.27. The molecule has 1 aromatic carbocycles. The van der Waals surface area contributed by atoms with Crippen molar-refractivity contribution in [2.24, 2.45) is 0 Å². The summed E-state index contributed by atoms with van der Waals surface area (Å²) >= 11 is 0. The monoisotopic (exact) mass is 291 g/mol. The minimum atomic E-state index is -0.522. The molecule has 0 bridgehead atoms. The van der Waals surface area contributed by atoms with Gasteiger partial charge in [0.15, 0.2) is 0 Å². The Morgan fingerprint density at radius 1 is 1.48 bits per heavy atom. The minimum absolute atomic E-state index is 0.100. The van der Waals surface area contributed by atoms with Gasteiger partial charge in [-0.25, -0.2) is 0 Å². The van der Waals surface area contributed by atoms with E-state index in [1.807, 2.05) is 0 Å². The molecular formula is C15H21N3O3. The molecule has 0 aromatic heterocycles. The molecule has 2 N–H and O–H groups in total. The van der Waals surface area contributed by atoms with Crippen molar-refractivity contribution in [2.45, 2.75) is 45.1 Å². The number of hydrogen-bond acceptors (Lipinski definition) is 4. The molecular weight excluding hydrogens is 270 g/mol.